The van der Waals surface area contributed by atoms with E-state index < -0.39 is 11.6 Å². The molecule has 3 aromatic heterocycles. The lowest BCUT2D eigenvalue weighted by atomic mass is 10.0. The Hall–Kier alpha value is -3.81. The molecule has 1 atom stereocenters. The van der Waals surface area contributed by atoms with Gasteiger partial charge in [0.1, 0.15) is 11.6 Å². The Kier molecular flexibility index (Phi) is 4.82. The van der Waals surface area contributed by atoms with Crippen LogP contribution >= 0.6 is 0 Å². The quantitative estimate of drug-likeness (QED) is 0.525. The van der Waals surface area contributed by atoms with E-state index in [1.807, 2.05) is 17.0 Å². The molecule has 8 heteroatoms. The molecule has 1 aliphatic heterocycles. The Morgan fingerprint density at radius 2 is 2.03 bits per heavy atom. The summed E-state index contributed by atoms with van der Waals surface area (Å²) in [6, 6.07) is 10.5. The van der Waals surface area contributed by atoms with Crippen LogP contribution in [0, 0.1) is 11.6 Å². The molecule has 0 saturated carbocycles. The minimum absolute atomic E-state index is 0.270. The molecular weight excluding hydrogens is 400 g/mol. The van der Waals surface area contributed by atoms with Crippen molar-refractivity contribution < 1.29 is 13.6 Å². The topological polar surface area (TPSA) is 62.5 Å². The Labute approximate surface area is 177 Å². The highest BCUT2D eigenvalue weighted by atomic mass is 19.1. The van der Waals surface area contributed by atoms with E-state index in [4.69, 9.17) is 0 Å². The maximum absolute atomic E-state index is 14.4. The highest BCUT2D eigenvalue weighted by Crippen LogP contribution is 2.38. The number of halogens is 2. The molecule has 0 radical (unpaired) electrons. The zero-order valence-electron chi connectivity index (χ0n) is 16.5. The van der Waals surface area contributed by atoms with Crippen LogP contribution in [0.4, 0.5) is 20.2 Å². The number of amides is 1. The summed E-state index contributed by atoms with van der Waals surface area (Å²) in [5, 5.41) is 7.08. The number of nitrogens with zero attached hydrogens (tertiary/aromatic N) is 4. The van der Waals surface area contributed by atoms with Crippen LogP contribution in [0.5, 0.6) is 0 Å². The van der Waals surface area contributed by atoms with Crippen LogP contribution in [0.15, 0.2) is 67.3 Å². The third-order valence-electron chi connectivity index (χ3n) is 5.57. The van der Waals surface area contributed by atoms with Gasteiger partial charge in [0.15, 0.2) is 0 Å². The van der Waals surface area contributed by atoms with Crippen LogP contribution < -0.4 is 10.2 Å². The van der Waals surface area contributed by atoms with E-state index in [1.165, 1.54) is 18.3 Å². The van der Waals surface area contributed by atoms with Gasteiger partial charge in [-0.3, -0.25) is 9.78 Å². The normalized spacial score (nSPS) is 16.1. The average Bonchev–Trinajstić information content (AvgIpc) is 3.43. The van der Waals surface area contributed by atoms with E-state index >= 15 is 0 Å². The van der Waals surface area contributed by atoms with E-state index in [-0.39, 0.29) is 11.9 Å². The van der Waals surface area contributed by atoms with Crippen molar-refractivity contribution in [3.63, 3.8) is 0 Å². The largest absolute Gasteiger partial charge is 0.364 e. The first-order valence-electron chi connectivity index (χ1n) is 10.0. The number of hydrogen-bond donors (Lipinski definition) is 1. The molecule has 0 spiro atoms. The van der Waals surface area contributed by atoms with Crippen molar-refractivity contribution in [3.8, 4) is 0 Å². The first-order valence-corrected chi connectivity index (χ1v) is 10.0. The maximum atomic E-state index is 14.4. The second-order valence-electron chi connectivity index (χ2n) is 7.49. The van der Waals surface area contributed by atoms with Crippen LogP contribution in [0.2, 0.25) is 0 Å². The summed E-state index contributed by atoms with van der Waals surface area (Å²) in [4.78, 5) is 18.8. The van der Waals surface area contributed by atoms with Gasteiger partial charge in [0.05, 0.1) is 35.2 Å². The summed E-state index contributed by atoms with van der Waals surface area (Å²) < 4.78 is 29.8. The summed E-state index contributed by atoms with van der Waals surface area (Å²) in [5.41, 5.74) is 2.81. The van der Waals surface area contributed by atoms with Crippen LogP contribution in [0.1, 0.15) is 34.8 Å². The fourth-order valence-electron chi connectivity index (χ4n) is 4.13. The van der Waals surface area contributed by atoms with Crippen molar-refractivity contribution in [2.45, 2.75) is 18.9 Å². The summed E-state index contributed by atoms with van der Waals surface area (Å²) in [6.07, 6.45) is 8.06. The Bertz CT molecular complexity index is 1260. The first kappa shape index (κ1) is 19.2. The second-order valence-corrected chi connectivity index (χ2v) is 7.49. The van der Waals surface area contributed by atoms with Gasteiger partial charge < -0.3 is 10.2 Å². The number of aromatic nitrogens is 3. The number of nitrogens with one attached hydrogen (secondary N) is 1. The Morgan fingerprint density at radius 3 is 2.87 bits per heavy atom. The highest BCUT2D eigenvalue weighted by molar-refractivity contribution is 6.08. The van der Waals surface area contributed by atoms with Gasteiger partial charge in [0, 0.05) is 30.2 Å². The Morgan fingerprint density at radius 1 is 1.13 bits per heavy atom. The summed E-state index contributed by atoms with van der Waals surface area (Å²) in [5.74, 6) is -1.17. The summed E-state index contributed by atoms with van der Waals surface area (Å²) >= 11 is 0. The minimum atomic E-state index is -0.455. The zero-order chi connectivity index (χ0) is 21.4. The molecule has 0 unspecified atom stereocenters. The van der Waals surface area contributed by atoms with Gasteiger partial charge in [-0.15, -0.1) is 0 Å². The molecule has 5 rings (SSSR count). The molecule has 156 valence electrons. The van der Waals surface area contributed by atoms with Crippen LogP contribution in [-0.2, 0) is 0 Å². The van der Waals surface area contributed by atoms with Crippen molar-refractivity contribution in [2.75, 3.05) is 16.8 Å². The van der Waals surface area contributed by atoms with Crippen molar-refractivity contribution in [2.24, 2.45) is 0 Å². The average molecular weight is 419 g/mol. The summed E-state index contributed by atoms with van der Waals surface area (Å²) in [6.45, 7) is 0.710. The molecule has 1 N–H and O–H groups in total. The van der Waals surface area contributed by atoms with Gasteiger partial charge >= 0.3 is 0 Å². The monoisotopic (exact) mass is 419 g/mol. The lowest BCUT2D eigenvalue weighted by molar-refractivity contribution is 0.102. The number of rotatable bonds is 4. The molecule has 0 bridgehead atoms. The fourth-order valence-corrected chi connectivity index (χ4v) is 4.13. The number of fused-ring (bicyclic) bond motifs is 1. The predicted molar refractivity (Wildman–Crippen MR) is 113 cm³/mol. The lowest BCUT2D eigenvalue weighted by Crippen LogP contribution is -2.23. The Balaban J connectivity index is 1.49. The van der Waals surface area contributed by atoms with Crippen molar-refractivity contribution in [3.05, 3.63) is 90.0 Å². The summed E-state index contributed by atoms with van der Waals surface area (Å²) in [7, 11) is 0. The number of carbonyl (C=O) groups excluding carboxylic acids is 1. The van der Waals surface area contributed by atoms with Crippen LogP contribution in [0.3, 0.4) is 0 Å². The SMILES string of the molecule is O=C(Nc1cccnc1)c1cnn2ccc(N3CCC[C@@H]3c3cc(F)ccc3F)cc12. The number of anilines is 2. The van der Waals surface area contributed by atoms with E-state index in [0.717, 1.165) is 24.6 Å². The van der Waals surface area contributed by atoms with E-state index in [1.54, 1.807) is 35.2 Å². The molecule has 6 nitrogen and oxygen atoms in total. The maximum Gasteiger partial charge on any atom is 0.259 e. The first-order chi connectivity index (χ1) is 15.1. The standard InChI is InChI=1S/C23H19F2N5O/c24-15-5-6-20(25)18(11-15)21-4-2-9-29(21)17-7-10-30-22(12-17)19(14-27-30)23(31)28-16-3-1-8-26-13-16/h1,3,5-8,10-14,21H,2,4,9H2,(H,28,31)/t21-/m1/s1. The number of carbonyl (C=O) groups is 1. The molecule has 1 aromatic carbocycles. The van der Waals surface area contributed by atoms with Gasteiger partial charge in [-0.05, 0) is 55.3 Å². The molecule has 1 aliphatic rings. The van der Waals surface area contributed by atoms with Crippen molar-refractivity contribution in [1.82, 2.24) is 14.6 Å². The third-order valence-corrected chi connectivity index (χ3v) is 5.57. The minimum Gasteiger partial charge on any atom is -0.364 e. The fraction of sp³-hybridized carbons (Fsp3) is 0.174. The van der Waals surface area contributed by atoms with Gasteiger partial charge in [-0.25, -0.2) is 13.3 Å². The molecule has 1 fully saturated rings. The molecule has 4 heterocycles. The zero-order valence-corrected chi connectivity index (χ0v) is 16.5. The molecule has 1 saturated heterocycles. The second kappa shape index (κ2) is 7.79. The molecule has 31 heavy (non-hydrogen) atoms. The lowest BCUT2D eigenvalue weighted by Gasteiger charge is -2.27. The van der Waals surface area contributed by atoms with Gasteiger partial charge in [-0.2, -0.15) is 5.10 Å². The van der Waals surface area contributed by atoms with Gasteiger partial charge in [0.25, 0.3) is 5.91 Å². The van der Waals surface area contributed by atoms with Crippen molar-refractivity contribution >= 4 is 22.8 Å². The van der Waals surface area contributed by atoms with Gasteiger partial charge in [-0.1, -0.05) is 0 Å². The molecule has 0 aliphatic carbocycles. The predicted octanol–water partition coefficient (Wildman–Crippen LogP) is 4.60. The number of pyridine rings is 2. The van der Waals surface area contributed by atoms with E-state index in [9.17, 15) is 13.6 Å². The van der Waals surface area contributed by atoms with Crippen molar-refractivity contribution in [1.29, 1.82) is 0 Å². The number of hydrogen-bond acceptors (Lipinski definition) is 4. The highest BCUT2D eigenvalue weighted by Gasteiger charge is 2.29. The van der Waals surface area contributed by atoms with Gasteiger partial charge in [0.2, 0.25) is 0 Å². The van der Waals surface area contributed by atoms with Crippen LogP contribution in [-0.4, -0.2) is 27.0 Å². The smallest absolute Gasteiger partial charge is 0.259 e. The molecule has 1 amide bonds. The molecule has 4 aromatic rings. The van der Waals surface area contributed by atoms with E-state index in [0.29, 0.717) is 28.9 Å². The van der Waals surface area contributed by atoms with E-state index in [2.05, 4.69) is 15.4 Å². The van der Waals surface area contributed by atoms with Crippen LogP contribution in [0.25, 0.3) is 5.52 Å². The third kappa shape index (κ3) is 3.61. The molecular formula is C23H19F2N5O. The number of benzene rings is 1.